The number of amides is 1. The molecule has 176 valence electrons. The summed E-state index contributed by atoms with van der Waals surface area (Å²) in [6.07, 6.45) is -4.56. The van der Waals surface area contributed by atoms with E-state index in [0.29, 0.717) is 5.52 Å². The van der Waals surface area contributed by atoms with Crippen LogP contribution in [0.1, 0.15) is 16.1 Å². The summed E-state index contributed by atoms with van der Waals surface area (Å²) < 4.78 is 68.9. The SMILES string of the molecule is CNS(=O)(=O)c1c(C(=O)Nc2cccc(-c3ccccc3C(F)(F)F)c2)n(N)c2ccccc12. The molecule has 4 rings (SSSR count). The van der Waals surface area contributed by atoms with Crippen molar-refractivity contribution in [3.05, 3.63) is 84.1 Å². The number of anilines is 1. The van der Waals surface area contributed by atoms with Crippen LogP contribution in [0.5, 0.6) is 0 Å². The van der Waals surface area contributed by atoms with E-state index in [9.17, 15) is 26.4 Å². The van der Waals surface area contributed by atoms with E-state index >= 15 is 0 Å². The van der Waals surface area contributed by atoms with Gasteiger partial charge < -0.3 is 11.2 Å². The Hall–Kier alpha value is -3.83. The minimum absolute atomic E-state index is 0.0579. The molecule has 1 amide bonds. The van der Waals surface area contributed by atoms with Crippen LogP contribution >= 0.6 is 0 Å². The number of nitrogens with one attached hydrogen (secondary N) is 2. The van der Waals surface area contributed by atoms with E-state index in [4.69, 9.17) is 5.84 Å². The second kappa shape index (κ2) is 8.50. The van der Waals surface area contributed by atoms with E-state index in [1.54, 1.807) is 18.2 Å². The van der Waals surface area contributed by atoms with Crippen molar-refractivity contribution in [2.75, 3.05) is 18.2 Å². The summed E-state index contributed by atoms with van der Waals surface area (Å²) in [6, 6.07) is 17.2. The number of rotatable bonds is 5. The molecule has 0 fully saturated rings. The molecule has 3 aromatic carbocycles. The maximum Gasteiger partial charge on any atom is 0.417 e. The topological polar surface area (TPSA) is 106 Å². The Labute approximate surface area is 193 Å². The van der Waals surface area contributed by atoms with Crippen molar-refractivity contribution in [2.24, 2.45) is 0 Å². The standard InChI is InChI=1S/C23H19F3N4O3S/c1-28-34(32,33)21-17-10-3-5-12-19(17)30(27)20(21)22(31)29-15-8-6-7-14(13-15)16-9-2-4-11-18(16)23(24,25)26/h2-13,28H,27H2,1H3,(H,29,31). The average molecular weight is 488 g/mol. The van der Waals surface area contributed by atoms with E-state index in [1.807, 2.05) is 0 Å². The molecule has 11 heteroatoms. The predicted molar refractivity (Wildman–Crippen MR) is 123 cm³/mol. The van der Waals surface area contributed by atoms with Gasteiger partial charge in [0.25, 0.3) is 5.91 Å². The summed E-state index contributed by atoms with van der Waals surface area (Å²) in [5.41, 5.74) is -0.494. The van der Waals surface area contributed by atoms with Crippen molar-refractivity contribution in [3.63, 3.8) is 0 Å². The summed E-state index contributed by atoms with van der Waals surface area (Å²) in [4.78, 5) is 12.9. The maximum atomic E-state index is 13.5. The van der Waals surface area contributed by atoms with E-state index in [1.165, 1.54) is 55.6 Å². The summed E-state index contributed by atoms with van der Waals surface area (Å²) in [7, 11) is -2.87. The average Bonchev–Trinajstić information content (AvgIpc) is 3.12. The highest BCUT2D eigenvalue weighted by atomic mass is 32.2. The summed E-state index contributed by atoms with van der Waals surface area (Å²) in [6.45, 7) is 0. The van der Waals surface area contributed by atoms with Crippen LogP contribution in [0, 0.1) is 0 Å². The van der Waals surface area contributed by atoms with E-state index < -0.39 is 27.7 Å². The van der Waals surface area contributed by atoms with Crippen LogP contribution in [0.3, 0.4) is 0 Å². The van der Waals surface area contributed by atoms with Crippen LogP contribution < -0.4 is 15.9 Å². The smallest absolute Gasteiger partial charge is 0.338 e. The molecular weight excluding hydrogens is 469 g/mol. The normalized spacial score (nSPS) is 12.1. The van der Waals surface area contributed by atoms with Gasteiger partial charge in [0.1, 0.15) is 10.6 Å². The molecule has 0 saturated carbocycles. The molecule has 0 unspecified atom stereocenters. The van der Waals surface area contributed by atoms with Crippen LogP contribution in [-0.2, 0) is 16.2 Å². The summed E-state index contributed by atoms with van der Waals surface area (Å²) in [5, 5.41) is 2.80. The number of aromatic nitrogens is 1. The first-order valence-corrected chi connectivity index (χ1v) is 11.4. The van der Waals surface area contributed by atoms with Crippen molar-refractivity contribution < 1.29 is 26.4 Å². The lowest BCUT2D eigenvalue weighted by Crippen LogP contribution is -2.26. The number of nitrogens with two attached hydrogens (primary N) is 1. The molecule has 0 aliphatic carbocycles. The molecule has 0 aliphatic rings. The number of hydrogen-bond donors (Lipinski definition) is 3. The Balaban J connectivity index is 1.78. The number of hydrogen-bond acceptors (Lipinski definition) is 4. The quantitative estimate of drug-likeness (QED) is 0.366. The van der Waals surface area contributed by atoms with Crippen LogP contribution in [0.25, 0.3) is 22.0 Å². The van der Waals surface area contributed by atoms with Gasteiger partial charge in [0.2, 0.25) is 10.0 Å². The van der Waals surface area contributed by atoms with Gasteiger partial charge in [-0.1, -0.05) is 48.5 Å². The van der Waals surface area contributed by atoms with Crippen LogP contribution in [0.15, 0.2) is 77.7 Å². The number of para-hydroxylation sites is 1. The number of benzene rings is 3. The molecule has 7 nitrogen and oxygen atoms in total. The number of carbonyl (C=O) groups is 1. The third kappa shape index (κ3) is 4.11. The van der Waals surface area contributed by atoms with Crippen LogP contribution in [0.2, 0.25) is 0 Å². The number of nitrogen functional groups attached to an aromatic ring is 1. The fourth-order valence-corrected chi connectivity index (χ4v) is 4.87. The van der Waals surface area contributed by atoms with Crippen molar-refractivity contribution >= 4 is 32.5 Å². The van der Waals surface area contributed by atoms with Gasteiger partial charge >= 0.3 is 6.18 Å². The Morgan fingerprint density at radius 1 is 0.971 bits per heavy atom. The van der Waals surface area contributed by atoms with Gasteiger partial charge in [-0.2, -0.15) is 13.2 Å². The fourth-order valence-electron chi connectivity index (χ4n) is 3.76. The lowest BCUT2D eigenvalue weighted by Gasteiger charge is -2.14. The molecule has 1 aromatic heterocycles. The Morgan fingerprint density at radius 2 is 1.65 bits per heavy atom. The first-order valence-electron chi connectivity index (χ1n) is 9.94. The maximum absolute atomic E-state index is 13.5. The van der Waals surface area contributed by atoms with E-state index in [0.717, 1.165) is 10.7 Å². The van der Waals surface area contributed by atoms with Crippen molar-refractivity contribution in [2.45, 2.75) is 11.1 Å². The van der Waals surface area contributed by atoms with Gasteiger partial charge in [-0.25, -0.2) is 13.1 Å². The Morgan fingerprint density at radius 3 is 2.35 bits per heavy atom. The second-order valence-electron chi connectivity index (χ2n) is 7.35. The monoisotopic (exact) mass is 488 g/mol. The lowest BCUT2D eigenvalue weighted by molar-refractivity contribution is -0.137. The number of nitrogens with zero attached hydrogens (tertiary/aromatic N) is 1. The largest absolute Gasteiger partial charge is 0.417 e. The molecular formula is C23H19F3N4O3S. The minimum atomic E-state index is -4.56. The molecule has 0 bridgehead atoms. The Kier molecular flexibility index (Phi) is 5.84. The summed E-state index contributed by atoms with van der Waals surface area (Å²) in [5.74, 6) is 5.23. The van der Waals surface area contributed by atoms with E-state index in [-0.39, 0.29) is 32.8 Å². The zero-order valence-electron chi connectivity index (χ0n) is 17.7. The zero-order valence-corrected chi connectivity index (χ0v) is 18.5. The van der Waals surface area contributed by atoms with Gasteiger partial charge in [-0.15, -0.1) is 0 Å². The lowest BCUT2D eigenvalue weighted by atomic mass is 9.99. The zero-order chi connectivity index (χ0) is 24.7. The number of halogens is 3. The van der Waals surface area contributed by atoms with Crippen molar-refractivity contribution in [3.8, 4) is 11.1 Å². The molecule has 0 atom stereocenters. The highest BCUT2D eigenvalue weighted by Gasteiger charge is 2.33. The number of fused-ring (bicyclic) bond motifs is 1. The molecule has 4 aromatic rings. The summed E-state index contributed by atoms with van der Waals surface area (Å²) >= 11 is 0. The molecule has 4 N–H and O–H groups in total. The second-order valence-corrected chi connectivity index (χ2v) is 9.17. The fraction of sp³-hybridized carbons (Fsp3) is 0.0870. The van der Waals surface area contributed by atoms with Crippen molar-refractivity contribution in [1.82, 2.24) is 9.40 Å². The molecule has 1 heterocycles. The first kappa shape index (κ1) is 23.3. The third-order valence-corrected chi connectivity index (χ3v) is 6.77. The third-order valence-electron chi connectivity index (χ3n) is 5.28. The highest BCUT2D eigenvalue weighted by molar-refractivity contribution is 7.89. The number of sulfonamides is 1. The van der Waals surface area contributed by atoms with Crippen LogP contribution in [-0.4, -0.2) is 26.0 Å². The first-order chi connectivity index (χ1) is 16.0. The van der Waals surface area contributed by atoms with Gasteiger partial charge in [-0.3, -0.25) is 9.47 Å². The highest BCUT2D eigenvalue weighted by Crippen LogP contribution is 2.37. The predicted octanol–water partition coefficient (Wildman–Crippen LogP) is 4.20. The number of carbonyl (C=O) groups excluding carboxylic acids is 1. The number of alkyl halides is 3. The van der Waals surface area contributed by atoms with Gasteiger partial charge in [0.05, 0.1) is 11.1 Å². The van der Waals surface area contributed by atoms with Gasteiger partial charge in [0, 0.05) is 11.1 Å². The van der Waals surface area contributed by atoms with E-state index in [2.05, 4.69) is 10.0 Å². The molecule has 34 heavy (non-hydrogen) atoms. The molecule has 0 aliphatic heterocycles. The molecule has 0 spiro atoms. The van der Waals surface area contributed by atoms with Crippen molar-refractivity contribution in [1.29, 1.82) is 0 Å². The Bertz CT molecular complexity index is 1510. The molecule has 0 radical (unpaired) electrons. The van der Waals surface area contributed by atoms with Crippen LogP contribution in [0.4, 0.5) is 18.9 Å². The minimum Gasteiger partial charge on any atom is -0.338 e. The molecule has 0 saturated heterocycles. The van der Waals surface area contributed by atoms with Gasteiger partial charge in [0.15, 0.2) is 0 Å². The van der Waals surface area contributed by atoms with Gasteiger partial charge in [-0.05, 0) is 42.4 Å².